The zero-order valence-electron chi connectivity index (χ0n) is 17.6. The lowest BCUT2D eigenvalue weighted by molar-refractivity contribution is -0.119. The van der Waals surface area contributed by atoms with Crippen LogP contribution in [0.1, 0.15) is 31.4 Å². The summed E-state index contributed by atoms with van der Waals surface area (Å²) >= 11 is 6.33. The standard InChI is InChI=1S/C23H27ClN2O5/c1-14(2)13-30-23(29)31-17-9-8-16(18(24)12-17)11-19(25)22(28)26-10-4-6-15-5-3-7-20(27)21(15)26/h3,5,7-9,12,14,19,27H,4,6,10-11,13,25H2,1-2H3/t19-/m1/s1. The third-order valence-electron chi connectivity index (χ3n) is 4.98. The second-order valence-corrected chi connectivity index (χ2v) is 8.41. The Morgan fingerprint density at radius 1 is 1.26 bits per heavy atom. The van der Waals surface area contributed by atoms with Crippen LogP contribution in [-0.4, -0.2) is 36.4 Å². The Hall–Kier alpha value is -2.77. The highest BCUT2D eigenvalue weighted by Crippen LogP contribution is 2.36. The molecule has 0 unspecified atom stereocenters. The van der Waals surface area contributed by atoms with E-state index in [1.807, 2.05) is 19.9 Å². The van der Waals surface area contributed by atoms with Gasteiger partial charge in [-0.3, -0.25) is 4.79 Å². The van der Waals surface area contributed by atoms with Crippen molar-refractivity contribution in [2.45, 2.75) is 39.2 Å². The highest BCUT2D eigenvalue weighted by molar-refractivity contribution is 6.31. The molecule has 3 N–H and O–H groups in total. The van der Waals surface area contributed by atoms with Gasteiger partial charge in [0.1, 0.15) is 11.5 Å². The maximum absolute atomic E-state index is 13.0. The van der Waals surface area contributed by atoms with E-state index in [1.54, 1.807) is 29.2 Å². The van der Waals surface area contributed by atoms with Crippen LogP contribution in [0, 0.1) is 5.92 Å². The minimum Gasteiger partial charge on any atom is -0.506 e. The van der Waals surface area contributed by atoms with Crippen molar-refractivity contribution in [2.24, 2.45) is 11.7 Å². The largest absolute Gasteiger partial charge is 0.513 e. The van der Waals surface area contributed by atoms with Crippen molar-refractivity contribution in [3.63, 3.8) is 0 Å². The SMILES string of the molecule is CC(C)COC(=O)Oc1ccc(C[C@@H](N)C(=O)N2CCCc3cccc(O)c32)c(Cl)c1. The predicted molar refractivity (Wildman–Crippen MR) is 119 cm³/mol. The molecule has 1 aliphatic rings. The quantitative estimate of drug-likeness (QED) is 0.512. The first-order valence-corrected chi connectivity index (χ1v) is 10.6. The first-order valence-electron chi connectivity index (χ1n) is 10.3. The maximum Gasteiger partial charge on any atom is 0.513 e. The van der Waals surface area contributed by atoms with Crippen LogP contribution in [0.4, 0.5) is 10.5 Å². The molecule has 0 saturated carbocycles. The number of hydrogen-bond acceptors (Lipinski definition) is 6. The van der Waals surface area contributed by atoms with Crippen LogP contribution in [0.25, 0.3) is 0 Å². The van der Waals surface area contributed by atoms with Crippen LogP contribution in [-0.2, 0) is 22.4 Å². The predicted octanol–water partition coefficient (Wildman–Crippen LogP) is 4.07. The summed E-state index contributed by atoms with van der Waals surface area (Å²) in [6.07, 6.45) is 1.01. The number of rotatable bonds is 6. The van der Waals surface area contributed by atoms with Gasteiger partial charge in [-0.2, -0.15) is 0 Å². The van der Waals surface area contributed by atoms with Crippen LogP contribution < -0.4 is 15.4 Å². The summed E-state index contributed by atoms with van der Waals surface area (Å²) in [4.78, 5) is 26.3. The average Bonchev–Trinajstić information content (AvgIpc) is 2.73. The number of phenolic OH excluding ortho intramolecular Hbond substituents is 1. The number of nitrogens with zero attached hydrogens (tertiary/aromatic N) is 1. The summed E-state index contributed by atoms with van der Waals surface area (Å²) in [7, 11) is 0. The van der Waals surface area contributed by atoms with Crippen LogP contribution >= 0.6 is 11.6 Å². The van der Waals surface area contributed by atoms with Crippen molar-refractivity contribution in [1.82, 2.24) is 0 Å². The van der Waals surface area contributed by atoms with E-state index < -0.39 is 12.2 Å². The molecule has 0 radical (unpaired) electrons. The normalized spacial score (nSPS) is 14.2. The van der Waals surface area contributed by atoms with Gasteiger partial charge in [0.2, 0.25) is 5.91 Å². The average molecular weight is 447 g/mol. The molecule has 2 aromatic carbocycles. The molecule has 1 atom stereocenters. The van der Waals surface area contributed by atoms with Crippen LogP contribution in [0.2, 0.25) is 5.02 Å². The third kappa shape index (κ3) is 5.68. The van der Waals surface area contributed by atoms with Gasteiger partial charge in [0.15, 0.2) is 0 Å². The molecule has 166 valence electrons. The number of amides is 1. The third-order valence-corrected chi connectivity index (χ3v) is 5.33. The van der Waals surface area contributed by atoms with Crippen molar-refractivity contribution in [1.29, 1.82) is 0 Å². The van der Waals surface area contributed by atoms with Crippen molar-refractivity contribution in [3.05, 3.63) is 52.5 Å². The molecule has 1 heterocycles. The van der Waals surface area contributed by atoms with E-state index in [2.05, 4.69) is 0 Å². The maximum atomic E-state index is 13.0. The molecular weight excluding hydrogens is 420 g/mol. The van der Waals surface area contributed by atoms with Crippen molar-refractivity contribution < 1.29 is 24.2 Å². The van der Waals surface area contributed by atoms with Crippen molar-refractivity contribution >= 4 is 29.4 Å². The Balaban J connectivity index is 1.66. The van der Waals surface area contributed by atoms with E-state index in [0.29, 0.717) is 22.8 Å². The second kappa shape index (κ2) is 10.0. The summed E-state index contributed by atoms with van der Waals surface area (Å²) in [6, 6.07) is 9.14. The smallest absolute Gasteiger partial charge is 0.506 e. The van der Waals surface area contributed by atoms with Gasteiger partial charge >= 0.3 is 6.16 Å². The summed E-state index contributed by atoms with van der Waals surface area (Å²) in [5.74, 6) is 0.237. The van der Waals surface area contributed by atoms with Gasteiger partial charge in [0, 0.05) is 11.6 Å². The highest BCUT2D eigenvalue weighted by Gasteiger charge is 2.29. The topological polar surface area (TPSA) is 102 Å². The fraction of sp³-hybridized carbons (Fsp3) is 0.391. The lowest BCUT2D eigenvalue weighted by atomic mass is 9.98. The van der Waals surface area contributed by atoms with Crippen LogP contribution in [0.15, 0.2) is 36.4 Å². The highest BCUT2D eigenvalue weighted by atomic mass is 35.5. The van der Waals surface area contributed by atoms with Gasteiger partial charge < -0.3 is 25.2 Å². The number of phenols is 1. The Bertz CT molecular complexity index is 963. The number of nitrogens with two attached hydrogens (primary N) is 1. The number of aromatic hydroxyl groups is 1. The zero-order valence-corrected chi connectivity index (χ0v) is 18.4. The summed E-state index contributed by atoms with van der Waals surface area (Å²) in [5, 5.41) is 10.6. The Kier molecular flexibility index (Phi) is 7.41. The lowest BCUT2D eigenvalue weighted by Gasteiger charge is -2.32. The summed E-state index contributed by atoms with van der Waals surface area (Å²) in [6.45, 7) is 4.60. The molecule has 0 spiro atoms. The van der Waals surface area contributed by atoms with Gasteiger partial charge in [-0.05, 0) is 54.5 Å². The van der Waals surface area contributed by atoms with Gasteiger partial charge in [-0.15, -0.1) is 0 Å². The van der Waals surface area contributed by atoms with Crippen molar-refractivity contribution in [2.75, 3.05) is 18.1 Å². The fourth-order valence-corrected chi connectivity index (χ4v) is 3.74. The number of halogens is 1. The van der Waals surface area contributed by atoms with Gasteiger partial charge in [-0.25, -0.2) is 4.79 Å². The molecule has 0 fully saturated rings. The monoisotopic (exact) mass is 446 g/mol. The number of benzene rings is 2. The van der Waals surface area contributed by atoms with Gasteiger partial charge in [-0.1, -0.05) is 43.6 Å². The lowest BCUT2D eigenvalue weighted by Crippen LogP contribution is -2.47. The molecule has 8 heteroatoms. The fourth-order valence-electron chi connectivity index (χ4n) is 3.49. The van der Waals surface area contributed by atoms with E-state index in [4.69, 9.17) is 26.8 Å². The number of carbonyl (C=O) groups excluding carboxylic acids is 2. The van der Waals surface area contributed by atoms with Crippen LogP contribution in [0.5, 0.6) is 11.5 Å². The number of hydrogen-bond donors (Lipinski definition) is 2. The molecule has 0 bridgehead atoms. The molecule has 2 aromatic rings. The zero-order chi connectivity index (χ0) is 22.5. The molecule has 3 rings (SSSR count). The molecule has 0 aliphatic carbocycles. The second-order valence-electron chi connectivity index (χ2n) is 8.00. The first-order chi connectivity index (χ1) is 14.8. The minimum atomic E-state index is -0.842. The summed E-state index contributed by atoms with van der Waals surface area (Å²) < 4.78 is 10.1. The van der Waals surface area contributed by atoms with E-state index in [9.17, 15) is 14.7 Å². The van der Waals surface area contributed by atoms with E-state index in [0.717, 1.165) is 18.4 Å². The molecule has 31 heavy (non-hydrogen) atoms. The van der Waals surface area contributed by atoms with E-state index in [-0.39, 0.29) is 36.4 Å². The number of para-hydroxylation sites is 1. The molecule has 7 nitrogen and oxygen atoms in total. The molecule has 1 aliphatic heterocycles. The molecule has 0 aromatic heterocycles. The summed E-state index contributed by atoms with van der Waals surface area (Å²) in [5.41, 5.74) is 8.32. The molecule has 0 saturated heterocycles. The number of carbonyl (C=O) groups is 2. The Labute approximate surface area is 186 Å². The Morgan fingerprint density at radius 3 is 2.74 bits per heavy atom. The number of ether oxygens (including phenoxy) is 2. The van der Waals surface area contributed by atoms with Crippen LogP contribution in [0.3, 0.4) is 0 Å². The Morgan fingerprint density at radius 2 is 2.03 bits per heavy atom. The van der Waals surface area contributed by atoms with Crippen molar-refractivity contribution in [3.8, 4) is 11.5 Å². The first kappa shape index (κ1) is 22.9. The molecule has 1 amide bonds. The van der Waals surface area contributed by atoms with Gasteiger partial charge in [0.05, 0.1) is 18.3 Å². The minimum absolute atomic E-state index is 0.0710. The molecular formula is C23H27ClN2O5. The number of aryl methyl sites for hydroxylation is 1. The van der Waals surface area contributed by atoms with Gasteiger partial charge in [0.25, 0.3) is 0 Å². The van der Waals surface area contributed by atoms with E-state index in [1.165, 1.54) is 6.07 Å². The number of fused-ring (bicyclic) bond motifs is 1. The number of anilines is 1. The van der Waals surface area contributed by atoms with E-state index >= 15 is 0 Å².